The van der Waals surface area contributed by atoms with Gasteiger partial charge in [0.15, 0.2) is 0 Å². The molecule has 1 aliphatic heterocycles. The monoisotopic (exact) mass is 612 g/mol. The fourth-order valence-corrected chi connectivity index (χ4v) is 6.44. The number of carbonyl (C=O) groups excluding carboxylic acids is 1. The van der Waals surface area contributed by atoms with Crippen molar-refractivity contribution in [3.8, 4) is 16.9 Å². The van der Waals surface area contributed by atoms with Crippen molar-refractivity contribution in [2.75, 3.05) is 26.3 Å². The van der Waals surface area contributed by atoms with Crippen LogP contribution in [0.15, 0.2) is 59.8 Å². The van der Waals surface area contributed by atoms with Crippen LogP contribution in [-0.4, -0.2) is 61.0 Å². The Morgan fingerprint density at radius 2 is 1.98 bits per heavy atom. The molecule has 1 amide bonds. The number of morpholine rings is 1. The summed E-state index contributed by atoms with van der Waals surface area (Å²) in [4.78, 5) is 18.5. The van der Waals surface area contributed by atoms with E-state index in [1.807, 2.05) is 0 Å². The van der Waals surface area contributed by atoms with Gasteiger partial charge in [0.25, 0.3) is 5.91 Å². The molecule has 216 valence electrons. The molecule has 5 rings (SSSR count). The quantitative estimate of drug-likeness (QED) is 0.294. The summed E-state index contributed by atoms with van der Waals surface area (Å²) in [5.41, 5.74) is 4.26. The van der Waals surface area contributed by atoms with Gasteiger partial charge in [-0.3, -0.25) is 9.78 Å². The van der Waals surface area contributed by atoms with Crippen LogP contribution in [0.25, 0.3) is 22.0 Å². The Hall–Kier alpha value is -3.72. The highest BCUT2D eigenvalue weighted by molar-refractivity contribution is 7.89. The minimum absolute atomic E-state index is 0.00993. The van der Waals surface area contributed by atoms with E-state index in [-0.39, 0.29) is 64.2 Å². The van der Waals surface area contributed by atoms with Gasteiger partial charge in [-0.25, -0.2) is 12.8 Å². The van der Waals surface area contributed by atoms with E-state index in [1.165, 1.54) is 36.7 Å². The van der Waals surface area contributed by atoms with E-state index in [0.717, 1.165) is 10.4 Å². The second-order valence-corrected chi connectivity index (χ2v) is 11.5. The van der Waals surface area contributed by atoms with Gasteiger partial charge < -0.3 is 20.2 Å². The van der Waals surface area contributed by atoms with Crippen molar-refractivity contribution < 1.29 is 40.2 Å². The van der Waals surface area contributed by atoms with Gasteiger partial charge in [0, 0.05) is 46.3 Å². The fraction of sp³-hybridized carbons (Fsp3) is 0.231. The molecule has 41 heavy (non-hydrogen) atoms. The predicted octanol–water partition coefficient (Wildman–Crippen LogP) is 4.61. The number of aromatic amines is 1. The summed E-state index contributed by atoms with van der Waals surface area (Å²) in [5.74, 6) is -1.74. The lowest BCUT2D eigenvalue weighted by Crippen LogP contribution is -2.47. The van der Waals surface area contributed by atoms with Gasteiger partial charge in [-0.15, -0.1) is 0 Å². The van der Waals surface area contributed by atoms with Crippen LogP contribution in [0.3, 0.4) is 0 Å². The van der Waals surface area contributed by atoms with E-state index in [2.05, 4.69) is 9.97 Å². The molecular formula is C26H21ClF4N4O5S. The molecule has 0 bridgehead atoms. The summed E-state index contributed by atoms with van der Waals surface area (Å²) in [6.07, 6.45) is -2.95. The molecule has 1 unspecified atom stereocenters. The molecule has 1 atom stereocenters. The average Bonchev–Trinajstić information content (AvgIpc) is 3.32. The number of hydrogen-bond donors (Lipinski definition) is 2. The maximum absolute atomic E-state index is 14.4. The number of nitrogens with zero attached hydrogens (tertiary/aromatic N) is 2. The van der Waals surface area contributed by atoms with Crippen molar-refractivity contribution in [2.45, 2.75) is 17.2 Å². The van der Waals surface area contributed by atoms with E-state index < -0.39 is 39.6 Å². The topological polar surface area (TPSA) is 128 Å². The van der Waals surface area contributed by atoms with E-state index in [4.69, 9.17) is 26.8 Å². The molecule has 3 heterocycles. The van der Waals surface area contributed by atoms with E-state index in [9.17, 15) is 30.8 Å². The first-order valence-corrected chi connectivity index (χ1v) is 13.8. The number of halogens is 5. The van der Waals surface area contributed by atoms with Gasteiger partial charge in [0.05, 0.1) is 18.4 Å². The minimum Gasteiger partial charge on any atom is -0.489 e. The molecule has 0 saturated carbocycles. The van der Waals surface area contributed by atoms with Gasteiger partial charge in [-0.05, 0) is 42.5 Å². The van der Waals surface area contributed by atoms with Crippen molar-refractivity contribution in [1.82, 2.24) is 14.3 Å². The van der Waals surface area contributed by atoms with Crippen LogP contribution in [0.4, 0.5) is 17.6 Å². The number of H-pyrrole nitrogens is 1. The van der Waals surface area contributed by atoms with Crippen LogP contribution in [0.1, 0.15) is 16.1 Å². The Morgan fingerprint density at radius 1 is 1.20 bits per heavy atom. The van der Waals surface area contributed by atoms with Crippen molar-refractivity contribution in [2.24, 2.45) is 5.73 Å². The SMILES string of the molecule is NC(=O)c1[nH]c2ccc(Cl)cc2c1S(=O)(=O)N1CCOC(COc2cncc(-c3cc(C(F)(F)F)ccc3F)c2)C1. The number of aromatic nitrogens is 2. The Kier molecular flexibility index (Phi) is 7.68. The number of amides is 1. The number of alkyl halides is 3. The van der Waals surface area contributed by atoms with E-state index >= 15 is 0 Å². The van der Waals surface area contributed by atoms with Crippen LogP contribution in [0, 0.1) is 5.82 Å². The summed E-state index contributed by atoms with van der Waals surface area (Å²) in [6.45, 7) is -0.320. The molecule has 2 aromatic heterocycles. The lowest BCUT2D eigenvalue weighted by atomic mass is 10.0. The number of pyridine rings is 1. The number of sulfonamides is 1. The molecule has 1 fully saturated rings. The largest absolute Gasteiger partial charge is 0.489 e. The third-order valence-electron chi connectivity index (χ3n) is 6.41. The maximum atomic E-state index is 14.4. The molecule has 0 aliphatic carbocycles. The molecule has 4 aromatic rings. The number of nitrogens with one attached hydrogen (secondary N) is 1. The van der Waals surface area contributed by atoms with Gasteiger partial charge in [-0.1, -0.05) is 11.6 Å². The smallest absolute Gasteiger partial charge is 0.416 e. The van der Waals surface area contributed by atoms with Crippen LogP contribution in [-0.2, 0) is 20.9 Å². The van der Waals surface area contributed by atoms with E-state index in [0.29, 0.717) is 17.6 Å². The Balaban J connectivity index is 1.35. The number of ether oxygens (including phenoxy) is 2. The molecule has 3 N–H and O–H groups in total. The number of hydrogen-bond acceptors (Lipinski definition) is 6. The van der Waals surface area contributed by atoms with Crippen molar-refractivity contribution in [3.05, 3.63) is 77.0 Å². The van der Waals surface area contributed by atoms with Crippen molar-refractivity contribution in [3.63, 3.8) is 0 Å². The molecule has 15 heteroatoms. The van der Waals surface area contributed by atoms with Crippen molar-refractivity contribution in [1.29, 1.82) is 0 Å². The van der Waals surface area contributed by atoms with Crippen LogP contribution < -0.4 is 10.5 Å². The standard InChI is InChI=1S/C26H21ClF4N4O5S/c27-16-2-4-22-20(9-16)24(23(34-22)25(32)36)41(37,38)35-5-6-39-18(12-35)13-40-17-7-14(10-33-11-17)19-8-15(26(29,30)31)1-3-21(19)28/h1-4,7-11,18,34H,5-6,12-13H2,(H2,32,36). The lowest BCUT2D eigenvalue weighted by Gasteiger charge is -2.32. The minimum atomic E-state index is -4.66. The highest BCUT2D eigenvalue weighted by Crippen LogP contribution is 2.35. The van der Waals surface area contributed by atoms with Gasteiger partial charge in [-0.2, -0.15) is 17.5 Å². The van der Waals surface area contributed by atoms with E-state index in [1.54, 1.807) is 0 Å². The highest BCUT2D eigenvalue weighted by atomic mass is 35.5. The number of carbonyl (C=O) groups is 1. The Morgan fingerprint density at radius 3 is 2.71 bits per heavy atom. The second-order valence-electron chi connectivity index (χ2n) is 9.15. The zero-order valence-electron chi connectivity index (χ0n) is 20.9. The third-order valence-corrected chi connectivity index (χ3v) is 8.60. The first kappa shape index (κ1) is 28.8. The number of fused-ring (bicyclic) bond motifs is 1. The molecule has 1 saturated heterocycles. The first-order valence-electron chi connectivity index (χ1n) is 12.0. The zero-order chi connectivity index (χ0) is 29.5. The average molecular weight is 613 g/mol. The number of rotatable bonds is 7. The Bertz CT molecular complexity index is 1750. The van der Waals surface area contributed by atoms with Gasteiger partial charge in [0.1, 0.15) is 34.9 Å². The molecule has 1 aliphatic rings. The lowest BCUT2D eigenvalue weighted by molar-refractivity contribution is -0.137. The van der Waals surface area contributed by atoms with Gasteiger partial charge >= 0.3 is 6.18 Å². The molecule has 0 radical (unpaired) electrons. The normalized spacial score (nSPS) is 16.7. The first-order chi connectivity index (χ1) is 19.3. The Labute approximate surface area is 235 Å². The van der Waals surface area contributed by atoms with Gasteiger partial charge in [0.2, 0.25) is 10.0 Å². The summed E-state index contributed by atoms with van der Waals surface area (Å²) in [7, 11) is -4.26. The highest BCUT2D eigenvalue weighted by Gasteiger charge is 2.36. The van der Waals surface area contributed by atoms with Crippen LogP contribution >= 0.6 is 11.6 Å². The predicted molar refractivity (Wildman–Crippen MR) is 140 cm³/mol. The number of primary amides is 1. The summed E-state index contributed by atoms with van der Waals surface area (Å²) < 4.78 is 93.6. The molecule has 0 spiro atoms. The third kappa shape index (κ3) is 5.86. The second kappa shape index (κ2) is 10.9. The summed E-state index contributed by atoms with van der Waals surface area (Å²) in [6, 6.07) is 7.85. The van der Waals surface area contributed by atoms with Crippen LogP contribution in [0.2, 0.25) is 5.02 Å². The molecular weight excluding hydrogens is 592 g/mol. The molecule has 2 aromatic carbocycles. The maximum Gasteiger partial charge on any atom is 0.416 e. The summed E-state index contributed by atoms with van der Waals surface area (Å²) in [5, 5.41) is 0.466. The number of nitrogens with two attached hydrogens (primary N) is 1. The fourth-order valence-electron chi connectivity index (χ4n) is 4.48. The summed E-state index contributed by atoms with van der Waals surface area (Å²) >= 11 is 6.07. The van der Waals surface area contributed by atoms with Crippen molar-refractivity contribution >= 4 is 38.4 Å². The zero-order valence-corrected chi connectivity index (χ0v) is 22.5. The molecule has 9 nitrogen and oxygen atoms in total. The number of benzene rings is 2. The van der Waals surface area contributed by atoms with Crippen LogP contribution in [0.5, 0.6) is 5.75 Å².